The van der Waals surface area contributed by atoms with Crippen molar-refractivity contribution in [1.82, 2.24) is 0 Å². The predicted molar refractivity (Wildman–Crippen MR) is 120 cm³/mol. The zero-order valence-electron chi connectivity index (χ0n) is 17.1. The van der Waals surface area contributed by atoms with Gasteiger partial charge in [0.05, 0.1) is 0 Å². The summed E-state index contributed by atoms with van der Waals surface area (Å²) in [5.41, 5.74) is 3.57. The maximum absolute atomic E-state index is 6.43. The van der Waals surface area contributed by atoms with Gasteiger partial charge in [-0.1, -0.05) is 0 Å². The molecule has 1 heterocycles. The van der Waals surface area contributed by atoms with Gasteiger partial charge >= 0.3 is 186 Å². The van der Waals surface area contributed by atoms with Crippen LogP contribution in [-0.2, 0) is 34.0 Å². The van der Waals surface area contributed by atoms with Crippen LogP contribution in [0.2, 0.25) is 10.6 Å². The summed E-state index contributed by atoms with van der Waals surface area (Å²) in [6, 6.07) is 31.1. The second-order valence-electron chi connectivity index (χ2n) is 7.47. The van der Waals surface area contributed by atoms with E-state index < -0.39 is 0 Å². The van der Waals surface area contributed by atoms with Crippen LogP contribution in [0.4, 0.5) is 0 Å². The van der Waals surface area contributed by atoms with Crippen molar-refractivity contribution < 1.29 is 14.2 Å². The van der Waals surface area contributed by atoms with Crippen molar-refractivity contribution >= 4 is 15.0 Å². The molecule has 1 unspecified atom stereocenters. The minimum atomic E-state index is -0.0618. The van der Waals surface area contributed by atoms with E-state index in [9.17, 15) is 0 Å². The third-order valence-corrected chi connectivity index (χ3v) is 7.56. The number of ether oxygens (including phenoxy) is 3. The summed E-state index contributed by atoms with van der Waals surface area (Å²) >= 11 is 0.495. The average Bonchev–Trinajstić information content (AvgIpc) is 2.82. The number of rotatable bonds is 9. The van der Waals surface area contributed by atoms with Gasteiger partial charge in [0.1, 0.15) is 0 Å². The van der Waals surface area contributed by atoms with Crippen molar-refractivity contribution in [3.63, 3.8) is 0 Å². The van der Waals surface area contributed by atoms with Crippen LogP contribution in [0.1, 0.15) is 16.7 Å². The molecule has 3 aromatic rings. The van der Waals surface area contributed by atoms with Crippen LogP contribution in [0.15, 0.2) is 91.0 Å². The van der Waals surface area contributed by atoms with Gasteiger partial charge in [-0.2, -0.15) is 0 Å². The van der Waals surface area contributed by atoms with Gasteiger partial charge in [-0.25, -0.2) is 0 Å². The monoisotopic (exact) mass is 468 g/mol. The van der Waals surface area contributed by atoms with Crippen molar-refractivity contribution in [2.24, 2.45) is 0 Å². The van der Waals surface area contributed by atoms with Gasteiger partial charge in [0.2, 0.25) is 0 Å². The first-order valence-corrected chi connectivity index (χ1v) is 12.8. The Balaban J connectivity index is 1.42. The van der Waals surface area contributed by atoms with E-state index in [1.54, 1.807) is 0 Å². The molecule has 3 aromatic carbocycles. The van der Waals surface area contributed by atoms with Crippen LogP contribution in [0.25, 0.3) is 0 Å². The molecule has 1 fully saturated rings. The Hall–Kier alpha value is -1.94. The second-order valence-corrected chi connectivity index (χ2v) is 9.72. The van der Waals surface area contributed by atoms with Crippen LogP contribution in [0.3, 0.4) is 0 Å². The number of benzene rings is 3. The van der Waals surface area contributed by atoms with Gasteiger partial charge in [0.25, 0.3) is 0 Å². The standard InChI is InChI=1S/C26H28O3Se/c1-4-10-21(11-5-1)16-27-24-19-30-20-25(28-17-22-12-6-2-7-13-22)26(24)29-18-23-14-8-3-9-15-23/h1-15,24-26H,16-20H2/t24-,25+,26?. The third-order valence-electron chi connectivity index (χ3n) is 5.20. The molecule has 30 heavy (non-hydrogen) atoms. The Kier molecular flexibility index (Phi) is 8.13. The molecule has 4 rings (SSSR count). The summed E-state index contributed by atoms with van der Waals surface area (Å²) in [6.07, 6.45) is 0.0557. The van der Waals surface area contributed by atoms with Gasteiger partial charge < -0.3 is 0 Å². The zero-order valence-corrected chi connectivity index (χ0v) is 18.8. The molecule has 0 bridgehead atoms. The molecule has 3 atom stereocenters. The van der Waals surface area contributed by atoms with E-state index in [0.29, 0.717) is 34.8 Å². The summed E-state index contributed by atoms with van der Waals surface area (Å²) in [7, 11) is 0. The van der Waals surface area contributed by atoms with E-state index in [2.05, 4.69) is 72.8 Å². The summed E-state index contributed by atoms with van der Waals surface area (Å²) in [4.78, 5) is 0. The number of hydrogen-bond acceptors (Lipinski definition) is 3. The quantitative estimate of drug-likeness (QED) is 0.400. The third kappa shape index (κ3) is 6.28. The molecule has 0 radical (unpaired) electrons. The second kappa shape index (κ2) is 11.5. The molecular formula is C26H28O3Se. The Labute approximate surface area is 185 Å². The molecule has 1 aliphatic rings. The van der Waals surface area contributed by atoms with Gasteiger partial charge in [0, 0.05) is 0 Å². The van der Waals surface area contributed by atoms with E-state index in [4.69, 9.17) is 14.2 Å². The molecule has 3 nitrogen and oxygen atoms in total. The minimum absolute atomic E-state index is 0.0587. The van der Waals surface area contributed by atoms with Crippen LogP contribution in [-0.4, -0.2) is 33.3 Å². The molecule has 1 aliphatic heterocycles. The van der Waals surface area contributed by atoms with Gasteiger partial charge in [-0.3, -0.25) is 0 Å². The van der Waals surface area contributed by atoms with E-state index in [-0.39, 0.29) is 18.3 Å². The van der Waals surface area contributed by atoms with Gasteiger partial charge in [-0.15, -0.1) is 0 Å². The summed E-state index contributed by atoms with van der Waals surface area (Å²) < 4.78 is 19.2. The maximum atomic E-state index is 6.43. The Morgan fingerprint density at radius 2 is 0.900 bits per heavy atom. The van der Waals surface area contributed by atoms with Crippen molar-refractivity contribution in [3.05, 3.63) is 108 Å². The van der Waals surface area contributed by atoms with E-state index in [1.807, 2.05) is 18.2 Å². The fourth-order valence-electron chi connectivity index (χ4n) is 3.55. The number of hydrogen-bond donors (Lipinski definition) is 0. The zero-order chi connectivity index (χ0) is 20.4. The Bertz CT molecular complexity index is 806. The summed E-state index contributed by atoms with van der Waals surface area (Å²) in [5, 5.41) is 2.12. The van der Waals surface area contributed by atoms with Gasteiger partial charge in [-0.05, 0) is 0 Å². The summed E-state index contributed by atoms with van der Waals surface area (Å²) in [6.45, 7) is 1.80. The Morgan fingerprint density at radius 1 is 0.533 bits per heavy atom. The molecule has 0 amide bonds. The normalized spacial score (nSPS) is 21.4. The molecule has 1 saturated heterocycles. The first kappa shape index (κ1) is 21.3. The molecule has 156 valence electrons. The summed E-state index contributed by atoms with van der Waals surface area (Å²) in [5.74, 6) is 0. The fraction of sp³-hybridized carbons (Fsp3) is 0.308. The van der Waals surface area contributed by atoms with Crippen molar-refractivity contribution in [2.45, 2.75) is 48.8 Å². The molecule has 0 N–H and O–H groups in total. The van der Waals surface area contributed by atoms with Crippen molar-refractivity contribution in [1.29, 1.82) is 0 Å². The van der Waals surface area contributed by atoms with Crippen molar-refractivity contribution in [3.8, 4) is 0 Å². The van der Waals surface area contributed by atoms with Crippen LogP contribution in [0, 0.1) is 0 Å². The van der Waals surface area contributed by atoms with E-state index in [1.165, 1.54) is 16.7 Å². The van der Waals surface area contributed by atoms with E-state index in [0.717, 1.165) is 10.6 Å². The van der Waals surface area contributed by atoms with Crippen LogP contribution in [0.5, 0.6) is 0 Å². The molecule has 0 spiro atoms. The first-order valence-electron chi connectivity index (χ1n) is 10.4. The fourth-order valence-corrected chi connectivity index (χ4v) is 6.01. The molecule has 0 saturated carbocycles. The van der Waals surface area contributed by atoms with E-state index >= 15 is 0 Å². The molecule has 4 heteroatoms. The van der Waals surface area contributed by atoms with Crippen LogP contribution >= 0.6 is 0 Å². The SMILES string of the molecule is c1ccc(COC2[C@@H](OCc3ccccc3)C[Se]C[C@H]2OCc2ccccc2)cc1. The average molecular weight is 467 g/mol. The predicted octanol–water partition coefficient (Wildman–Crippen LogP) is 5.30. The van der Waals surface area contributed by atoms with Crippen LogP contribution < -0.4 is 0 Å². The Morgan fingerprint density at radius 3 is 1.30 bits per heavy atom. The van der Waals surface area contributed by atoms with Crippen molar-refractivity contribution in [2.75, 3.05) is 0 Å². The first-order chi connectivity index (χ1) is 14.9. The molecular weight excluding hydrogens is 439 g/mol. The molecule has 0 aromatic heterocycles. The molecule has 0 aliphatic carbocycles. The van der Waals surface area contributed by atoms with Gasteiger partial charge in [0.15, 0.2) is 0 Å². The topological polar surface area (TPSA) is 27.7 Å².